The maximum atomic E-state index is 16.0. The van der Waals surface area contributed by atoms with Crippen LogP contribution in [0.2, 0.25) is 0 Å². The van der Waals surface area contributed by atoms with E-state index in [2.05, 4.69) is 9.97 Å². The van der Waals surface area contributed by atoms with Crippen LogP contribution in [0.15, 0.2) is 115 Å². The van der Waals surface area contributed by atoms with Crippen molar-refractivity contribution in [1.82, 2.24) is 14.5 Å². The molecule has 0 unspecified atom stereocenters. The van der Waals surface area contributed by atoms with E-state index in [1.165, 1.54) is 16.7 Å². The monoisotopic (exact) mass is 545 g/mol. The average Bonchev–Trinajstić information content (AvgIpc) is 3.35. The van der Waals surface area contributed by atoms with E-state index in [1.807, 2.05) is 6.07 Å². The molecule has 7 aromatic rings. The van der Waals surface area contributed by atoms with Gasteiger partial charge in [-0.25, -0.2) is 22.5 Å². The minimum atomic E-state index is -1.50. The van der Waals surface area contributed by atoms with Crippen molar-refractivity contribution in [2.24, 2.45) is 0 Å². The maximum absolute atomic E-state index is 16.0. The molecule has 0 aliphatic rings. The summed E-state index contributed by atoms with van der Waals surface area (Å²) in [7, 11) is 0. The molecule has 41 heavy (non-hydrogen) atoms. The largest absolute Gasteiger partial charge is 0.304 e. The van der Waals surface area contributed by atoms with Gasteiger partial charge in [0.2, 0.25) is 0 Å². The van der Waals surface area contributed by atoms with Gasteiger partial charge in [0.25, 0.3) is 0 Å². The van der Waals surface area contributed by atoms with E-state index in [1.54, 1.807) is 97.2 Å². The Balaban J connectivity index is 1.51. The van der Waals surface area contributed by atoms with Crippen LogP contribution in [0.25, 0.3) is 61.3 Å². The van der Waals surface area contributed by atoms with Crippen LogP contribution in [0.5, 0.6) is 0 Å². The van der Waals surface area contributed by atoms with Crippen molar-refractivity contribution in [1.29, 1.82) is 0 Å². The summed E-state index contributed by atoms with van der Waals surface area (Å²) in [5, 5.41) is 1.40. The highest BCUT2D eigenvalue weighted by molar-refractivity contribution is 6.09. The van der Waals surface area contributed by atoms with E-state index < -0.39 is 34.5 Å². The van der Waals surface area contributed by atoms with Crippen LogP contribution < -0.4 is 0 Å². The van der Waals surface area contributed by atoms with Gasteiger partial charge in [-0.3, -0.25) is 4.98 Å². The normalized spacial score (nSPS) is 11.4. The number of aromatic nitrogens is 3. The van der Waals surface area contributed by atoms with Gasteiger partial charge in [0.15, 0.2) is 23.3 Å². The number of benzene rings is 4. The van der Waals surface area contributed by atoms with Gasteiger partial charge in [0.05, 0.1) is 33.7 Å². The van der Waals surface area contributed by atoms with Crippen LogP contribution in [0.3, 0.4) is 0 Å². The minimum Gasteiger partial charge on any atom is -0.304 e. The van der Waals surface area contributed by atoms with Crippen LogP contribution in [-0.4, -0.2) is 14.5 Å². The first-order valence-corrected chi connectivity index (χ1v) is 12.9. The third-order valence-corrected chi connectivity index (χ3v) is 7.15. The molecule has 0 radical (unpaired) electrons. The molecule has 0 saturated carbocycles. The Morgan fingerprint density at radius 3 is 1.66 bits per heavy atom. The van der Waals surface area contributed by atoms with Crippen molar-refractivity contribution in [3.8, 4) is 39.5 Å². The summed E-state index contributed by atoms with van der Waals surface area (Å²) < 4.78 is 65.3. The van der Waals surface area contributed by atoms with Crippen LogP contribution >= 0.6 is 0 Å². The van der Waals surface area contributed by atoms with Gasteiger partial charge in [-0.15, -0.1) is 0 Å². The zero-order valence-electron chi connectivity index (χ0n) is 21.3. The molecule has 7 rings (SSSR count). The molecule has 0 fully saturated rings. The first kappa shape index (κ1) is 24.7. The number of rotatable bonds is 4. The van der Waals surface area contributed by atoms with Crippen molar-refractivity contribution >= 4 is 21.8 Å². The summed E-state index contributed by atoms with van der Waals surface area (Å²) in [6.45, 7) is 0. The van der Waals surface area contributed by atoms with E-state index in [9.17, 15) is 0 Å². The smallest absolute Gasteiger partial charge is 0.186 e. The van der Waals surface area contributed by atoms with E-state index in [0.29, 0.717) is 44.5 Å². The van der Waals surface area contributed by atoms with Gasteiger partial charge in [-0.1, -0.05) is 72.8 Å². The van der Waals surface area contributed by atoms with Crippen LogP contribution in [0.4, 0.5) is 17.6 Å². The molecule has 0 amide bonds. The molecule has 0 aliphatic carbocycles. The zero-order chi connectivity index (χ0) is 28.1. The van der Waals surface area contributed by atoms with Gasteiger partial charge in [0, 0.05) is 22.5 Å². The molecule has 0 aliphatic heterocycles. The Bertz CT molecular complexity index is 1950. The summed E-state index contributed by atoms with van der Waals surface area (Å²) in [5.41, 5.74) is 0.913. The molecule has 7 heteroatoms. The van der Waals surface area contributed by atoms with E-state index in [4.69, 9.17) is 0 Å². The van der Waals surface area contributed by atoms with E-state index in [-0.39, 0.29) is 5.56 Å². The quantitative estimate of drug-likeness (QED) is 0.163. The Kier molecular flexibility index (Phi) is 5.86. The van der Waals surface area contributed by atoms with Gasteiger partial charge < -0.3 is 4.57 Å². The maximum Gasteiger partial charge on any atom is 0.186 e. The lowest BCUT2D eigenvalue weighted by molar-refractivity contribution is 0.454. The number of pyridine rings is 2. The second-order valence-electron chi connectivity index (χ2n) is 9.56. The standard InChI is InChI=1S/C34H19F4N3/c35-30-29(21-18-25(20-10-2-1-3-11-20)40-26(19-21)24-14-8-9-17-39-24)31(36)33(38)34(32(30)37)41-27-15-6-4-12-22(27)23-13-5-7-16-28(23)41/h1-19H. The molecule has 3 heterocycles. The minimum absolute atomic E-state index is 0.0684. The highest BCUT2D eigenvalue weighted by atomic mass is 19.2. The molecule has 0 N–H and O–H groups in total. The van der Waals surface area contributed by atoms with Gasteiger partial charge >= 0.3 is 0 Å². The number of para-hydroxylation sites is 2. The molecule has 0 bridgehead atoms. The molecule has 3 nitrogen and oxygen atoms in total. The second kappa shape index (κ2) is 9.71. The Morgan fingerprint density at radius 1 is 0.488 bits per heavy atom. The fourth-order valence-electron chi connectivity index (χ4n) is 5.31. The molecule has 0 saturated heterocycles. The first-order valence-electron chi connectivity index (χ1n) is 12.9. The molecule has 0 atom stereocenters. The van der Waals surface area contributed by atoms with Crippen molar-refractivity contribution in [3.63, 3.8) is 0 Å². The SMILES string of the molecule is Fc1c(F)c(-n2c3ccccc3c3ccccc32)c(F)c(F)c1-c1cc(-c2ccccc2)nc(-c2ccccn2)c1. The second-order valence-corrected chi connectivity index (χ2v) is 9.56. The summed E-state index contributed by atoms with van der Waals surface area (Å²) in [4.78, 5) is 8.93. The van der Waals surface area contributed by atoms with Gasteiger partial charge in [-0.2, -0.15) is 0 Å². The van der Waals surface area contributed by atoms with Crippen molar-refractivity contribution in [2.45, 2.75) is 0 Å². The summed E-state index contributed by atoms with van der Waals surface area (Å²) in [6, 6.07) is 30.9. The summed E-state index contributed by atoms with van der Waals surface area (Å²) >= 11 is 0. The third-order valence-electron chi connectivity index (χ3n) is 7.15. The molecular formula is C34H19F4N3. The topological polar surface area (TPSA) is 30.7 Å². The fraction of sp³-hybridized carbons (Fsp3) is 0. The number of halogens is 4. The van der Waals surface area contributed by atoms with Crippen LogP contribution in [0.1, 0.15) is 0 Å². The molecule has 3 aromatic heterocycles. The van der Waals surface area contributed by atoms with Gasteiger partial charge in [0.1, 0.15) is 5.69 Å². The lowest BCUT2D eigenvalue weighted by Crippen LogP contribution is -2.09. The van der Waals surface area contributed by atoms with Crippen molar-refractivity contribution < 1.29 is 17.6 Å². The number of hydrogen-bond acceptors (Lipinski definition) is 2. The Hall–Kier alpha value is -5.30. The molecule has 198 valence electrons. The highest BCUT2D eigenvalue weighted by Crippen LogP contribution is 2.40. The molecule has 0 spiro atoms. The number of hydrogen-bond donors (Lipinski definition) is 0. The molecule has 4 aromatic carbocycles. The Morgan fingerprint density at radius 2 is 1.05 bits per heavy atom. The summed E-state index contributed by atoms with van der Waals surface area (Å²) in [5.74, 6) is -6.00. The third kappa shape index (κ3) is 3.97. The van der Waals surface area contributed by atoms with Crippen LogP contribution in [-0.2, 0) is 0 Å². The number of nitrogens with zero attached hydrogens (tertiary/aromatic N) is 3. The van der Waals surface area contributed by atoms with Crippen molar-refractivity contribution in [2.75, 3.05) is 0 Å². The lowest BCUT2D eigenvalue weighted by atomic mass is 9.99. The Labute approximate surface area is 232 Å². The predicted molar refractivity (Wildman–Crippen MR) is 153 cm³/mol. The summed E-state index contributed by atoms with van der Waals surface area (Å²) in [6.07, 6.45) is 1.56. The van der Waals surface area contributed by atoms with E-state index in [0.717, 1.165) is 0 Å². The van der Waals surface area contributed by atoms with E-state index >= 15 is 17.6 Å². The van der Waals surface area contributed by atoms with Gasteiger partial charge in [-0.05, 0) is 42.0 Å². The fourth-order valence-corrected chi connectivity index (χ4v) is 5.31. The highest BCUT2D eigenvalue weighted by Gasteiger charge is 2.30. The molecular weight excluding hydrogens is 526 g/mol. The predicted octanol–water partition coefficient (Wildman–Crippen LogP) is 9.13. The number of fused-ring (bicyclic) bond motifs is 3. The van der Waals surface area contributed by atoms with Crippen LogP contribution in [0, 0.1) is 23.3 Å². The first-order chi connectivity index (χ1) is 20.0. The average molecular weight is 546 g/mol. The lowest BCUT2D eigenvalue weighted by Gasteiger charge is -2.16. The zero-order valence-corrected chi connectivity index (χ0v) is 21.3. The van der Waals surface area contributed by atoms with Crippen molar-refractivity contribution in [3.05, 3.63) is 139 Å².